The molecular formula is C17H23N3S. The van der Waals surface area contributed by atoms with E-state index in [1.807, 2.05) is 11.3 Å². The van der Waals surface area contributed by atoms with E-state index in [4.69, 9.17) is 9.97 Å². The topological polar surface area (TPSA) is 37.8 Å². The highest BCUT2D eigenvalue weighted by atomic mass is 32.1. The Hall–Kier alpha value is -1.42. The van der Waals surface area contributed by atoms with Crippen molar-refractivity contribution in [2.24, 2.45) is 0 Å². The third-order valence-electron chi connectivity index (χ3n) is 4.06. The minimum Gasteiger partial charge on any atom is -0.370 e. The summed E-state index contributed by atoms with van der Waals surface area (Å²) in [6, 6.07) is 2.22. The summed E-state index contributed by atoms with van der Waals surface area (Å²) in [6.45, 7) is 7.35. The number of aromatic nitrogens is 2. The molecule has 0 spiro atoms. The Balaban J connectivity index is 2.11. The number of nitrogens with one attached hydrogen (secondary N) is 1. The van der Waals surface area contributed by atoms with Crippen LogP contribution in [0.5, 0.6) is 0 Å². The van der Waals surface area contributed by atoms with Gasteiger partial charge in [-0.1, -0.05) is 6.42 Å². The predicted octanol–water partition coefficient (Wildman–Crippen LogP) is 4.52. The first-order valence-electron chi connectivity index (χ1n) is 7.90. The van der Waals surface area contributed by atoms with Gasteiger partial charge in [-0.15, -0.1) is 11.3 Å². The molecule has 0 bridgehead atoms. The Bertz CT molecular complexity index is 646. The van der Waals surface area contributed by atoms with Crippen molar-refractivity contribution >= 4 is 17.2 Å². The summed E-state index contributed by atoms with van der Waals surface area (Å²) < 4.78 is 0. The molecule has 4 heteroatoms. The maximum absolute atomic E-state index is 4.92. The standard InChI is InChI=1S/C17H23N3S/c1-4-18-16-13-8-6-5-7-9-15(13)19-17(20-16)14-10-11(2)21-12(14)3/h10H,4-9H2,1-3H3,(H,18,19,20). The Morgan fingerprint density at radius 3 is 2.67 bits per heavy atom. The molecule has 0 amide bonds. The molecule has 1 N–H and O–H groups in total. The van der Waals surface area contributed by atoms with Crippen molar-refractivity contribution in [3.63, 3.8) is 0 Å². The number of nitrogens with zero attached hydrogens (tertiary/aromatic N) is 2. The van der Waals surface area contributed by atoms with Crippen LogP contribution >= 0.6 is 11.3 Å². The minimum absolute atomic E-state index is 0.897. The first-order chi connectivity index (χ1) is 10.2. The van der Waals surface area contributed by atoms with Crippen LogP contribution in [0.25, 0.3) is 11.4 Å². The van der Waals surface area contributed by atoms with Crippen molar-refractivity contribution in [3.05, 3.63) is 27.1 Å². The van der Waals surface area contributed by atoms with Crippen molar-refractivity contribution in [1.29, 1.82) is 0 Å². The summed E-state index contributed by atoms with van der Waals surface area (Å²) >= 11 is 1.82. The fraction of sp³-hybridized carbons (Fsp3) is 0.529. The van der Waals surface area contributed by atoms with Crippen molar-refractivity contribution in [2.45, 2.75) is 52.9 Å². The van der Waals surface area contributed by atoms with Crippen molar-refractivity contribution < 1.29 is 0 Å². The molecule has 0 aromatic carbocycles. The number of hydrogen-bond acceptors (Lipinski definition) is 4. The van der Waals surface area contributed by atoms with E-state index in [2.05, 4.69) is 32.2 Å². The van der Waals surface area contributed by atoms with E-state index in [0.717, 1.165) is 31.0 Å². The summed E-state index contributed by atoms with van der Waals surface area (Å²) in [5, 5.41) is 3.45. The highest BCUT2D eigenvalue weighted by Crippen LogP contribution is 2.32. The van der Waals surface area contributed by atoms with Gasteiger partial charge in [0.2, 0.25) is 0 Å². The zero-order valence-electron chi connectivity index (χ0n) is 13.1. The normalized spacial score (nSPS) is 14.6. The summed E-state index contributed by atoms with van der Waals surface area (Å²) in [7, 11) is 0. The van der Waals surface area contributed by atoms with Crippen LogP contribution in [-0.2, 0) is 12.8 Å². The van der Waals surface area contributed by atoms with Crippen LogP contribution in [0.15, 0.2) is 6.07 Å². The molecule has 3 nitrogen and oxygen atoms in total. The van der Waals surface area contributed by atoms with E-state index in [-0.39, 0.29) is 0 Å². The van der Waals surface area contributed by atoms with E-state index in [0.29, 0.717) is 0 Å². The first-order valence-corrected chi connectivity index (χ1v) is 8.71. The largest absolute Gasteiger partial charge is 0.370 e. The molecule has 0 saturated carbocycles. The molecule has 1 aliphatic rings. The second-order valence-electron chi connectivity index (χ2n) is 5.74. The first kappa shape index (κ1) is 14.5. The van der Waals surface area contributed by atoms with Gasteiger partial charge in [-0.05, 0) is 52.5 Å². The average molecular weight is 301 g/mol. The molecule has 3 rings (SSSR count). The molecule has 112 valence electrons. The van der Waals surface area contributed by atoms with E-state index in [1.165, 1.54) is 45.8 Å². The molecule has 21 heavy (non-hydrogen) atoms. The molecule has 0 fully saturated rings. The number of thiophene rings is 1. The Kier molecular flexibility index (Phi) is 4.24. The Morgan fingerprint density at radius 1 is 1.14 bits per heavy atom. The van der Waals surface area contributed by atoms with E-state index < -0.39 is 0 Å². The number of fused-ring (bicyclic) bond motifs is 1. The van der Waals surface area contributed by atoms with E-state index in [9.17, 15) is 0 Å². The van der Waals surface area contributed by atoms with Gasteiger partial charge in [0.1, 0.15) is 5.82 Å². The highest BCUT2D eigenvalue weighted by molar-refractivity contribution is 7.12. The second kappa shape index (κ2) is 6.14. The lowest BCUT2D eigenvalue weighted by atomic mass is 10.1. The summed E-state index contributed by atoms with van der Waals surface area (Å²) in [5.74, 6) is 1.95. The van der Waals surface area contributed by atoms with Gasteiger partial charge >= 0.3 is 0 Å². The smallest absolute Gasteiger partial charge is 0.162 e. The van der Waals surface area contributed by atoms with Gasteiger partial charge in [0.15, 0.2) is 5.82 Å². The highest BCUT2D eigenvalue weighted by Gasteiger charge is 2.18. The van der Waals surface area contributed by atoms with Crippen LogP contribution in [0, 0.1) is 13.8 Å². The van der Waals surface area contributed by atoms with E-state index in [1.54, 1.807) is 0 Å². The molecule has 0 aliphatic heterocycles. The number of anilines is 1. The van der Waals surface area contributed by atoms with Crippen LogP contribution in [-0.4, -0.2) is 16.5 Å². The molecule has 2 aromatic heterocycles. The molecule has 2 heterocycles. The summed E-state index contributed by atoms with van der Waals surface area (Å²) in [5.41, 5.74) is 3.81. The van der Waals surface area contributed by atoms with Gasteiger partial charge in [-0.2, -0.15) is 0 Å². The lowest BCUT2D eigenvalue weighted by molar-refractivity contribution is 0.709. The molecular weight excluding hydrogens is 278 g/mol. The third-order valence-corrected chi connectivity index (χ3v) is 5.03. The van der Waals surface area contributed by atoms with Crippen LogP contribution in [0.4, 0.5) is 5.82 Å². The number of rotatable bonds is 3. The van der Waals surface area contributed by atoms with E-state index >= 15 is 0 Å². The Morgan fingerprint density at radius 2 is 1.95 bits per heavy atom. The minimum atomic E-state index is 0.897. The van der Waals surface area contributed by atoms with Crippen molar-refractivity contribution in [2.75, 3.05) is 11.9 Å². The van der Waals surface area contributed by atoms with Crippen molar-refractivity contribution in [1.82, 2.24) is 9.97 Å². The zero-order valence-corrected chi connectivity index (χ0v) is 13.9. The molecule has 0 radical (unpaired) electrons. The number of hydrogen-bond donors (Lipinski definition) is 1. The quantitative estimate of drug-likeness (QED) is 0.847. The van der Waals surface area contributed by atoms with Crippen LogP contribution < -0.4 is 5.32 Å². The third kappa shape index (κ3) is 2.95. The average Bonchev–Trinajstić information content (AvgIpc) is 2.66. The van der Waals surface area contributed by atoms with Gasteiger partial charge in [0.05, 0.1) is 0 Å². The van der Waals surface area contributed by atoms with Gasteiger partial charge < -0.3 is 5.32 Å². The predicted molar refractivity (Wildman–Crippen MR) is 90.2 cm³/mol. The monoisotopic (exact) mass is 301 g/mol. The van der Waals surface area contributed by atoms with Crippen LogP contribution in [0.3, 0.4) is 0 Å². The van der Waals surface area contributed by atoms with Gasteiger partial charge in [0, 0.05) is 33.1 Å². The second-order valence-corrected chi connectivity index (χ2v) is 7.20. The van der Waals surface area contributed by atoms with Crippen LogP contribution in [0.2, 0.25) is 0 Å². The lowest BCUT2D eigenvalue weighted by Crippen LogP contribution is -2.09. The molecule has 0 atom stereocenters. The SMILES string of the molecule is CCNc1nc(-c2cc(C)sc2C)nc2c1CCCCC2. The zero-order chi connectivity index (χ0) is 14.8. The fourth-order valence-electron chi connectivity index (χ4n) is 3.06. The van der Waals surface area contributed by atoms with Gasteiger partial charge in [0.25, 0.3) is 0 Å². The fourth-order valence-corrected chi connectivity index (χ4v) is 3.98. The molecule has 1 aliphatic carbocycles. The van der Waals surface area contributed by atoms with Crippen LogP contribution in [0.1, 0.15) is 47.2 Å². The molecule has 0 saturated heterocycles. The summed E-state index contributed by atoms with van der Waals surface area (Å²) in [6.07, 6.45) is 6.00. The van der Waals surface area contributed by atoms with Crippen molar-refractivity contribution in [3.8, 4) is 11.4 Å². The lowest BCUT2D eigenvalue weighted by Gasteiger charge is -2.14. The number of aryl methyl sites for hydroxylation is 3. The molecule has 0 unspecified atom stereocenters. The Labute approximate surface area is 130 Å². The van der Waals surface area contributed by atoms with Gasteiger partial charge in [-0.3, -0.25) is 0 Å². The van der Waals surface area contributed by atoms with Gasteiger partial charge in [-0.25, -0.2) is 9.97 Å². The molecule has 2 aromatic rings. The maximum atomic E-state index is 4.92. The maximum Gasteiger partial charge on any atom is 0.162 e. The summed E-state index contributed by atoms with van der Waals surface area (Å²) in [4.78, 5) is 12.4.